The molecule has 2 rings (SSSR count). The summed E-state index contributed by atoms with van der Waals surface area (Å²) < 4.78 is 12.7. The van der Waals surface area contributed by atoms with Crippen LogP contribution in [-0.4, -0.2) is 23.4 Å². The van der Waals surface area contributed by atoms with E-state index >= 15 is 0 Å². The van der Waals surface area contributed by atoms with Gasteiger partial charge < -0.3 is 14.6 Å². The third-order valence-electron chi connectivity index (χ3n) is 3.40. The highest BCUT2D eigenvalue weighted by Crippen LogP contribution is 2.32. The molecular formula is C15H21BrO3. The van der Waals surface area contributed by atoms with Crippen molar-refractivity contribution in [3.05, 3.63) is 28.2 Å². The van der Waals surface area contributed by atoms with Gasteiger partial charge in [0, 0.05) is 10.0 Å². The molecule has 0 radical (unpaired) electrons. The maximum absolute atomic E-state index is 9.77. The molecule has 4 heteroatoms. The number of aliphatic hydroxyl groups excluding tert-OH is 1. The molecule has 1 N–H and O–H groups in total. The van der Waals surface area contributed by atoms with Crippen LogP contribution in [0.25, 0.3) is 0 Å². The summed E-state index contributed by atoms with van der Waals surface area (Å²) in [6.45, 7) is 6.48. The lowest BCUT2D eigenvalue weighted by molar-refractivity contribution is -0.0329. The number of hydrogen-bond acceptors (Lipinski definition) is 3. The van der Waals surface area contributed by atoms with Crippen molar-refractivity contribution in [3.8, 4) is 5.75 Å². The molecule has 3 nitrogen and oxygen atoms in total. The van der Waals surface area contributed by atoms with Crippen LogP contribution in [0, 0.1) is 0 Å². The van der Waals surface area contributed by atoms with E-state index in [1.54, 1.807) is 6.92 Å². The summed E-state index contributed by atoms with van der Waals surface area (Å²) in [7, 11) is 0. The van der Waals surface area contributed by atoms with Gasteiger partial charge in [0.1, 0.15) is 12.4 Å². The summed E-state index contributed by atoms with van der Waals surface area (Å²) in [6.07, 6.45) is 1.67. The number of hydrogen-bond donors (Lipinski definition) is 1. The summed E-state index contributed by atoms with van der Waals surface area (Å²) in [6, 6.07) is 5.69. The Morgan fingerprint density at radius 2 is 2.26 bits per heavy atom. The number of halogens is 1. The lowest BCUT2D eigenvalue weighted by Crippen LogP contribution is -2.24. The molecule has 0 saturated carbocycles. The SMILES string of the molecule is C[C@H](O)c1cc(Br)ccc1OCC1CCC(C)(C)O1. The maximum Gasteiger partial charge on any atom is 0.125 e. The van der Waals surface area contributed by atoms with Gasteiger partial charge in [0.2, 0.25) is 0 Å². The quantitative estimate of drug-likeness (QED) is 0.912. The predicted molar refractivity (Wildman–Crippen MR) is 78.5 cm³/mol. The Bertz CT molecular complexity index is 443. The van der Waals surface area contributed by atoms with Gasteiger partial charge in [-0.2, -0.15) is 0 Å². The van der Waals surface area contributed by atoms with Crippen LogP contribution in [0.5, 0.6) is 5.75 Å². The summed E-state index contributed by atoms with van der Waals surface area (Å²) in [5, 5.41) is 9.77. The number of ether oxygens (including phenoxy) is 2. The Hall–Kier alpha value is -0.580. The van der Waals surface area contributed by atoms with E-state index in [1.807, 2.05) is 18.2 Å². The smallest absolute Gasteiger partial charge is 0.125 e. The zero-order chi connectivity index (χ0) is 14.0. The molecule has 0 bridgehead atoms. The summed E-state index contributed by atoms with van der Waals surface area (Å²) in [4.78, 5) is 0. The first-order valence-corrected chi connectivity index (χ1v) is 7.45. The van der Waals surface area contributed by atoms with Gasteiger partial charge in [-0.1, -0.05) is 15.9 Å². The number of benzene rings is 1. The fraction of sp³-hybridized carbons (Fsp3) is 0.600. The van der Waals surface area contributed by atoms with Gasteiger partial charge in [0.15, 0.2) is 0 Å². The van der Waals surface area contributed by atoms with E-state index < -0.39 is 6.10 Å². The highest BCUT2D eigenvalue weighted by molar-refractivity contribution is 9.10. The minimum Gasteiger partial charge on any atom is -0.490 e. The van der Waals surface area contributed by atoms with Crippen molar-refractivity contribution in [1.29, 1.82) is 0 Å². The minimum absolute atomic E-state index is 0.0408. The second-order valence-electron chi connectivity index (χ2n) is 5.71. The lowest BCUT2D eigenvalue weighted by Gasteiger charge is -2.20. The first-order valence-electron chi connectivity index (χ1n) is 6.65. The molecule has 2 atom stereocenters. The topological polar surface area (TPSA) is 38.7 Å². The van der Waals surface area contributed by atoms with Crippen LogP contribution in [-0.2, 0) is 4.74 Å². The van der Waals surface area contributed by atoms with E-state index in [1.165, 1.54) is 0 Å². The predicted octanol–water partition coefficient (Wildman–Crippen LogP) is 3.84. The normalized spacial score (nSPS) is 23.3. The van der Waals surface area contributed by atoms with E-state index in [4.69, 9.17) is 9.47 Å². The van der Waals surface area contributed by atoms with E-state index in [2.05, 4.69) is 29.8 Å². The van der Waals surface area contributed by atoms with Crippen LogP contribution in [0.1, 0.15) is 45.3 Å². The molecule has 1 unspecified atom stereocenters. The van der Waals surface area contributed by atoms with Crippen LogP contribution in [0.15, 0.2) is 22.7 Å². The third kappa shape index (κ3) is 3.94. The Kier molecular flexibility index (Phi) is 4.54. The second-order valence-corrected chi connectivity index (χ2v) is 6.62. The van der Waals surface area contributed by atoms with Crippen LogP contribution in [0.3, 0.4) is 0 Å². The van der Waals surface area contributed by atoms with Crippen molar-refractivity contribution in [2.45, 2.75) is 51.4 Å². The fourth-order valence-electron chi connectivity index (χ4n) is 2.35. The van der Waals surface area contributed by atoms with Crippen molar-refractivity contribution in [3.63, 3.8) is 0 Å². The Morgan fingerprint density at radius 3 is 2.84 bits per heavy atom. The molecule has 1 heterocycles. The van der Waals surface area contributed by atoms with Gasteiger partial charge in [-0.05, 0) is 51.8 Å². The molecule has 0 aromatic heterocycles. The zero-order valence-corrected chi connectivity index (χ0v) is 13.2. The fourth-order valence-corrected chi connectivity index (χ4v) is 2.73. The van der Waals surface area contributed by atoms with Crippen molar-refractivity contribution in [1.82, 2.24) is 0 Å². The van der Waals surface area contributed by atoms with E-state index in [-0.39, 0.29) is 11.7 Å². The van der Waals surface area contributed by atoms with Gasteiger partial charge in [0.05, 0.1) is 17.8 Å². The zero-order valence-electron chi connectivity index (χ0n) is 11.6. The Balaban J connectivity index is 2.00. The van der Waals surface area contributed by atoms with Crippen molar-refractivity contribution in [2.24, 2.45) is 0 Å². The van der Waals surface area contributed by atoms with Gasteiger partial charge in [0.25, 0.3) is 0 Å². The molecule has 19 heavy (non-hydrogen) atoms. The van der Waals surface area contributed by atoms with Gasteiger partial charge >= 0.3 is 0 Å². The van der Waals surface area contributed by atoms with Crippen molar-refractivity contribution < 1.29 is 14.6 Å². The Morgan fingerprint density at radius 1 is 1.53 bits per heavy atom. The molecule has 1 fully saturated rings. The van der Waals surface area contributed by atoms with Crippen LogP contribution in [0.2, 0.25) is 0 Å². The first-order chi connectivity index (χ1) is 8.87. The second kappa shape index (κ2) is 5.81. The van der Waals surface area contributed by atoms with Crippen molar-refractivity contribution in [2.75, 3.05) is 6.61 Å². The monoisotopic (exact) mass is 328 g/mol. The highest BCUT2D eigenvalue weighted by Gasteiger charge is 2.32. The average molecular weight is 329 g/mol. The first kappa shape index (κ1) is 14.8. The molecule has 0 amide bonds. The van der Waals surface area contributed by atoms with Gasteiger partial charge in [-0.3, -0.25) is 0 Å². The minimum atomic E-state index is -0.548. The Labute approximate surface area is 123 Å². The van der Waals surface area contributed by atoms with Crippen molar-refractivity contribution >= 4 is 15.9 Å². The van der Waals surface area contributed by atoms with Gasteiger partial charge in [-0.15, -0.1) is 0 Å². The van der Waals surface area contributed by atoms with E-state index in [0.29, 0.717) is 6.61 Å². The molecule has 1 aromatic rings. The van der Waals surface area contributed by atoms with E-state index in [9.17, 15) is 5.11 Å². The van der Waals surface area contributed by atoms with Crippen LogP contribution in [0.4, 0.5) is 0 Å². The number of rotatable bonds is 4. The van der Waals surface area contributed by atoms with Crippen LogP contribution >= 0.6 is 15.9 Å². The molecule has 0 spiro atoms. The molecule has 1 saturated heterocycles. The summed E-state index contributed by atoms with van der Waals surface area (Å²) >= 11 is 3.41. The molecule has 106 valence electrons. The average Bonchev–Trinajstić information content (AvgIpc) is 2.67. The summed E-state index contributed by atoms with van der Waals surface area (Å²) in [5.41, 5.74) is 0.757. The molecule has 1 aliphatic heterocycles. The maximum atomic E-state index is 9.77. The molecular weight excluding hydrogens is 308 g/mol. The molecule has 0 aliphatic carbocycles. The number of aliphatic hydroxyl groups is 1. The standard InChI is InChI=1S/C15H21BrO3/c1-10(17)13-8-11(16)4-5-14(13)18-9-12-6-7-15(2,3)19-12/h4-5,8,10,12,17H,6-7,9H2,1-3H3/t10-,12?/m0/s1. The van der Waals surface area contributed by atoms with Crippen LogP contribution < -0.4 is 4.74 Å². The largest absolute Gasteiger partial charge is 0.490 e. The molecule has 1 aliphatic rings. The summed E-state index contributed by atoms with van der Waals surface area (Å²) in [5.74, 6) is 0.728. The lowest BCUT2D eigenvalue weighted by atomic mass is 10.1. The van der Waals surface area contributed by atoms with Gasteiger partial charge in [-0.25, -0.2) is 0 Å². The third-order valence-corrected chi connectivity index (χ3v) is 3.89. The molecule has 1 aromatic carbocycles. The van der Waals surface area contributed by atoms with E-state index in [0.717, 1.165) is 28.6 Å². The highest BCUT2D eigenvalue weighted by atomic mass is 79.9.